The molecule has 132 valence electrons. The van der Waals surface area contributed by atoms with Crippen LogP contribution in [-0.4, -0.2) is 14.3 Å². The monoisotopic (exact) mass is 358 g/mol. The van der Waals surface area contributed by atoms with E-state index in [-0.39, 0.29) is 21.6 Å². The molecule has 0 spiro atoms. The van der Waals surface area contributed by atoms with Crippen molar-refractivity contribution in [1.29, 1.82) is 0 Å². The van der Waals surface area contributed by atoms with Crippen molar-refractivity contribution in [3.63, 3.8) is 0 Å². The molecule has 2 N–H and O–H groups in total. The number of aryl methyl sites for hydroxylation is 1. The van der Waals surface area contributed by atoms with E-state index in [1.54, 1.807) is 48.5 Å². The van der Waals surface area contributed by atoms with Gasteiger partial charge in [0.05, 0.1) is 15.5 Å². The predicted molar refractivity (Wildman–Crippen MR) is 96.8 cm³/mol. The standard InChI is InChI=1S/C19H22N2O3S/c1-14-6-10-17(11-7-14)25(23,24)18-12-8-16(9-13-18)20-21-19(22)15-4-2-3-5-15/h6-13,15,20H,2-5H2,1H3,(H,21,22). The Balaban J connectivity index is 1.67. The van der Waals surface area contributed by atoms with Crippen LogP contribution in [0, 0.1) is 12.8 Å². The highest BCUT2D eigenvalue weighted by atomic mass is 32.2. The summed E-state index contributed by atoms with van der Waals surface area (Å²) in [5, 5.41) is 0. The van der Waals surface area contributed by atoms with Crippen LogP contribution in [0.4, 0.5) is 5.69 Å². The van der Waals surface area contributed by atoms with Crippen LogP contribution >= 0.6 is 0 Å². The lowest BCUT2D eigenvalue weighted by molar-refractivity contribution is -0.124. The number of anilines is 1. The Morgan fingerprint density at radius 1 is 0.920 bits per heavy atom. The Labute approximate surface area is 148 Å². The molecule has 1 aliphatic carbocycles. The third-order valence-corrected chi connectivity index (χ3v) is 6.34. The number of sulfone groups is 1. The topological polar surface area (TPSA) is 75.3 Å². The maximum absolute atomic E-state index is 12.6. The largest absolute Gasteiger partial charge is 0.299 e. The van der Waals surface area contributed by atoms with Crippen LogP contribution in [-0.2, 0) is 14.6 Å². The zero-order valence-electron chi connectivity index (χ0n) is 14.2. The Hall–Kier alpha value is -2.34. The van der Waals surface area contributed by atoms with Gasteiger partial charge in [-0.25, -0.2) is 8.42 Å². The zero-order valence-corrected chi connectivity index (χ0v) is 15.0. The van der Waals surface area contributed by atoms with Gasteiger partial charge >= 0.3 is 0 Å². The van der Waals surface area contributed by atoms with Gasteiger partial charge in [-0.05, 0) is 56.2 Å². The highest BCUT2D eigenvalue weighted by Crippen LogP contribution is 2.25. The molecule has 0 unspecified atom stereocenters. The molecule has 1 aliphatic rings. The summed E-state index contributed by atoms with van der Waals surface area (Å²) >= 11 is 0. The Bertz CT molecular complexity index is 837. The van der Waals surface area contributed by atoms with Crippen LogP contribution in [0.2, 0.25) is 0 Å². The van der Waals surface area contributed by atoms with Crippen molar-refractivity contribution < 1.29 is 13.2 Å². The molecule has 1 fully saturated rings. The third kappa shape index (κ3) is 4.02. The molecule has 0 radical (unpaired) electrons. The lowest BCUT2D eigenvalue weighted by Gasteiger charge is -2.13. The van der Waals surface area contributed by atoms with E-state index in [4.69, 9.17) is 0 Å². The van der Waals surface area contributed by atoms with Crippen molar-refractivity contribution in [1.82, 2.24) is 5.43 Å². The van der Waals surface area contributed by atoms with Gasteiger partial charge in [0.2, 0.25) is 15.7 Å². The van der Waals surface area contributed by atoms with E-state index in [9.17, 15) is 13.2 Å². The Kier molecular flexibility index (Phi) is 5.08. The lowest BCUT2D eigenvalue weighted by Crippen LogP contribution is -2.33. The fraction of sp³-hybridized carbons (Fsp3) is 0.316. The molecule has 0 heterocycles. The van der Waals surface area contributed by atoms with E-state index in [1.165, 1.54) is 0 Å². The van der Waals surface area contributed by atoms with Gasteiger partial charge in [0.25, 0.3) is 0 Å². The molecule has 0 aromatic heterocycles. The summed E-state index contributed by atoms with van der Waals surface area (Å²) in [7, 11) is -3.53. The molecule has 2 aromatic rings. The minimum absolute atomic E-state index is 0.00569. The summed E-state index contributed by atoms with van der Waals surface area (Å²) in [6.45, 7) is 1.91. The molecule has 25 heavy (non-hydrogen) atoms. The van der Waals surface area contributed by atoms with Crippen molar-refractivity contribution in [2.45, 2.75) is 42.4 Å². The van der Waals surface area contributed by atoms with Gasteiger partial charge in [0.1, 0.15) is 0 Å². The fourth-order valence-electron chi connectivity index (χ4n) is 2.99. The highest BCUT2D eigenvalue weighted by molar-refractivity contribution is 7.91. The number of carbonyl (C=O) groups excluding carboxylic acids is 1. The molecule has 1 saturated carbocycles. The van der Waals surface area contributed by atoms with E-state index in [0.29, 0.717) is 5.69 Å². The van der Waals surface area contributed by atoms with Crippen molar-refractivity contribution >= 4 is 21.4 Å². The van der Waals surface area contributed by atoms with Gasteiger partial charge in [0.15, 0.2) is 0 Å². The summed E-state index contributed by atoms with van der Waals surface area (Å²) in [5.74, 6) is 0.0718. The molecule has 0 aliphatic heterocycles. The summed E-state index contributed by atoms with van der Waals surface area (Å²) < 4.78 is 25.2. The molecule has 0 bridgehead atoms. The summed E-state index contributed by atoms with van der Waals surface area (Å²) in [4.78, 5) is 12.5. The zero-order chi connectivity index (χ0) is 17.9. The predicted octanol–water partition coefficient (Wildman–Crippen LogP) is 3.46. The highest BCUT2D eigenvalue weighted by Gasteiger charge is 2.22. The van der Waals surface area contributed by atoms with Gasteiger partial charge in [-0.3, -0.25) is 15.6 Å². The van der Waals surface area contributed by atoms with Gasteiger partial charge in [-0.2, -0.15) is 0 Å². The first-order valence-electron chi connectivity index (χ1n) is 8.44. The van der Waals surface area contributed by atoms with Gasteiger partial charge in [-0.15, -0.1) is 0 Å². The smallest absolute Gasteiger partial charge is 0.241 e. The number of nitrogens with one attached hydrogen (secondary N) is 2. The van der Waals surface area contributed by atoms with E-state index < -0.39 is 9.84 Å². The third-order valence-electron chi connectivity index (χ3n) is 4.55. The minimum Gasteiger partial charge on any atom is -0.299 e. The van der Waals surface area contributed by atoms with Crippen LogP contribution in [0.3, 0.4) is 0 Å². The quantitative estimate of drug-likeness (QED) is 0.803. The van der Waals surface area contributed by atoms with Gasteiger partial charge in [0, 0.05) is 5.92 Å². The Morgan fingerprint density at radius 3 is 2.00 bits per heavy atom. The van der Waals surface area contributed by atoms with Crippen molar-refractivity contribution in [2.75, 3.05) is 5.43 Å². The Morgan fingerprint density at radius 2 is 1.44 bits per heavy atom. The molecule has 2 aromatic carbocycles. The molecule has 6 heteroatoms. The number of amides is 1. The van der Waals surface area contributed by atoms with E-state index >= 15 is 0 Å². The molecule has 3 rings (SSSR count). The van der Waals surface area contributed by atoms with Crippen LogP contribution in [0.1, 0.15) is 31.2 Å². The molecule has 0 atom stereocenters. The number of hydrogen-bond donors (Lipinski definition) is 2. The first-order valence-corrected chi connectivity index (χ1v) is 9.93. The SMILES string of the molecule is Cc1ccc(S(=O)(=O)c2ccc(NNC(=O)C3CCCC3)cc2)cc1. The summed E-state index contributed by atoms with van der Waals surface area (Å²) in [5.41, 5.74) is 7.21. The van der Waals surface area contributed by atoms with E-state index in [2.05, 4.69) is 10.9 Å². The second-order valence-electron chi connectivity index (χ2n) is 6.44. The number of benzene rings is 2. The number of carbonyl (C=O) groups is 1. The van der Waals surface area contributed by atoms with E-state index in [0.717, 1.165) is 31.2 Å². The van der Waals surface area contributed by atoms with Crippen LogP contribution < -0.4 is 10.9 Å². The summed E-state index contributed by atoms with van der Waals surface area (Å²) in [6.07, 6.45) is 4.07. The lowest BCUT2D eigenvalue weighted by atomic mass is 10.1. The molecular weight excluding hydrogens is 336 g/mol. The second-order valence-corrected chi connectivity index (χ2v) is 8.39. The molecule has 0 saturated heterocycles. The van der Waals surface area contributed by atoms with E-state index in [1.807, 2.05) is 6.92 Å². The van der Waals surface area contributed by atoms with Crippen molar-refractivity contribution in [3.8, 4) is 0 Å². The molecule has 5 nitrogen and oxygen atoms in total. The minimum atomic E-state index is -3.53. The van der Waals surface area contributed by atoms with Gasteiger partial charge < -0.3 is 0 Å². The second kappa shape index (κ2) is 7.27. The summed E-state index contributed by atoms with van der Waals surface area (Å²) in [6, 6.07) is 13.2. The average molecular weight is 358 g/mol. The van der Waals surface area contributed by atoms with Gasteiger partial charge in [-0.1, -0.05) is 30.5 Å². The number of hydrazine groups is 1. The van der Waals surface area contributed by atoms with Crippen LogP contribution in [0.5, 0.6) is 0 Å². The van der Waals surface area contributed by atoms with Crippen molar-refractivity contribution in [2.24, 2.45) is 5.92 Å². The first-order chi connectivity index (χ1) is 12.0. The average Bonchev–Trinajstić information content (AvgIpc) is 3.15. The number of rotatable bonds is 5. The first kappa shape index (κ1) is 17.5. The van der Waals surface area contributed by atoms with Crippen molar-refractivity contribution in [3.05, 3.63) is 54.1 Å². The molecule has 1 amide bonds. The fourth-order valence-corrected chi connectivity index (χ4v) is 4.26. The molecular formula is C19H22N2O3S. The van der Waals surface area contributed by atoms with Crippen LogP contribution in [0.15, 0.2) is 58.3 Å². The van der Waals surface area contributed by atoms with Crippen LogP contribution in [0.25, 0.3) is 0 Å². The maximum Gasteiger partial charge on any atom is 0.241 e. The normalized spacial score (nSPS) is 15.1. The maximum atomic E-state index is 12.6. The number of hydrogen-bond acceptors (Lipinski definition) is 4.